The molecule has 0 N–H and O–H groups in total. The Morgan fingerprint density at radius 1 is 1.32 bits per heavy atom. The van der Waals surface area contributed by atoms with E-state index in [1.807, 2.05) is 0 Å². The minimum absolute atomic E-state index is 0.216. The molecule has 0 spiro atoms. The molecule has 0 saturated heterocycles. The van der Waals surface area contributed by atoms with Crippen LogP contribution in [0.25, 0.3) is 0 Å². The van der Waals surface area contributed by atoms with Gasteiger partial charge in [0.15, 0.2) is 5.78 Å². The van der Waals surface area contributed by atoms with Crippen LogP contribution in [-0.4, -0.2) is 30.3 Å². The van der Waals surface area contributed by atoms with Gasteiger partial charge in [-0.2, -0.15) is 0 Å². The van der Waals surface area contributed by atoms with Crippen LogP contribution in [0.15, 0.2) is 24.3 Å². The van der Waals surface area contributed by atoms with Crippen molar-refractivity contribution in [2.45, 2.75) is 32.6 Å². The molecule has 0 atom stereocenters. The number of benzene rings is 1. The summed E-state index contributed by atoms with van der Waals surface area (Å²) in [5.74, 6) is 0.753. The van der Waals surface area contributed by atoms with Crippen LogP contribution >= 0.6 is 0 Å². The van der Waals surface area contributed by atoms with Gasteiger partial charge < -0.3 is 0 Å². The van der Waals surface area contributed by atoms with Crippen LogP contribution in [0.3, 0.4) is 0 Å². The van der Waals surface area contributed by atoms with Crippen molar-refractivity contribution in [3.8, 4) is 0 Å². The van der Waals surface area contributed by atoms with Gasteiger partial charge in [-0.05, 0) is 43.0 Å². The van der Waals surface area contributed by atoms with E-state index in [1.54, 1.807) is 12.1 Å². The number of rotatable bonds is 7. The van der Waals surface area contributed by atoms with Gasteiger partial charge in [-0.15, -0.1) is 0 Å². The van der Waals surface area contributed by atoms with Crippen molar-refractivity contribution in [3.63, 3.8) is 0 Å². The lowest BCUT2D eigenvalue weighted by molar-refractivity contribution is -0.119. The van der Waals surface area contributed by atoms with E-state index in [2.05, 4.69) is 11.8 Å². The average Bonchev–Trinajstić information content (AvgIpc) is 2.35. The fourth-order valence-electron chi connectivity index (χ4n) is 2.48. The molecule has 2 nitrogen and oxygen atoms in total. The lowest BCUT2D eigenvalue weighted by Crippen LogP contribution is -2.36. The fraction of sp³-hybridized carbons (Fsp3) is 0.562. The summed E-state index contributed by atoms with van der Waals surface area (Å²) in [6, 6.07) is 6.20. The van der Waals surface area contributed by atoms with Gasteiger partial charge >= 0.3 is 0 Å². The summed E-state index contributed by atoms with van der Waals surface area (Å²) in [5, 5.41) is 0. The zero-order chi connectivity index (χ0) is 13.7. The molecule has 0 unspecified atom stereocenters. The summed E-state index contributed by atoms with van der Waals surface area (Å²) in [6.45, 7) is 4.59. The summed E-state index contributed by atoms with van der Waals surface area (Å²) >= 11 is 0. The normalized spacial score (nSPS) is 15.5. The van der Waals surface area contributed by atoms with Crippen molar-refractivity contribution in [2.24, 2.45) is 5.92 Å². The molecule has 1 aromatic carbocycles. The highest BCUT2D eigenvalue weighted by atomic mass is 19.1. The van der Waals surface area contributed by atoms with Crippen LogP contribution in [0, 0.1) is 11.7 Å². The Labute approximate surface area is 114 Å². The minimum Gasteiger partial charge on any atom is -0.298 e. The molecule has 1 aromatic rings. The number of carbonyl (C=O) groups excluding carboxylic acids is 1. The first-order chi connectivity index (χ1) is 9.17. The SMILES string of the molecule is CCN(CC(=O)Cc1ccc(F)cc1)CC1CCC1. The quantitative estimate of drug-likeness (QED) is 0.753. The number of ketones is 1. The molecule has 2 rings (SSSR count). The zero-order valence-corrected chi connectivity index (χ0v) is 11.6. The number of carbonyl (C=O) groups is 1. The number of hydrogen-bond donors (Lipinski definition) is 0. The Balaban J connectivity index is 1.79. The first-order valence-electron chi connectivity index (χ1n) is 7.16. The molecule has 1 aliphatic rings. The maximum atomic E-state index is 12.8. The van der Waals surface area contributed by atoms with Crippen molar-refractivity contribution in [3.05, 3.63) is 35.6 Å². The highest BCUT2D eigenvalue weighted by molar-refractivity contribution is 5.82. The number of Topliss-reactive ketones (excluding diaryl/α,β-unsaturated/α-hetero) is 1. The topological polar surface area (TPSA) is 20.3 Å². The zero-order valence-electron chi connectivity index (χ0n) is 11.6. The molecule has 0 radical (unpaired) electrons. The Bertz CT molecular complexity index is 411. The maximum Gasteiger partial charge on any atom is 0.151 e. The molecule has 104 valence electrons. The third-order valence-electron chi connectivity index (χ3n) is 3.90. The number of halogens is 1. The van der Waals surface area contributed by atoms with E-state index >= 15 is 0 Å². The third-order valence-corrected chi connectivity index (χ3v) is 3.90. The molecule has 1 fully saturated rings. The molecular formula is C16H22FNO. The number of hydrogen-bond acceptors (Lipinski definition) is 2. The Kier molecular flexibility index (Phi) is 5.08. The van der Waals surface area contributed by atoms with Crippen LogP contribution in [0.1, 0.15) is 31.7 Å². The van der Waals surface area contributed by atoms with Crippen molar-refractivity contribution in [1.82, 2.24) is 4.90 Å². The third kappa shape index (κ3) is 4.43. The van der Waals surface area contributed by atoms with Gasteiger partial charge in [-0.1, -0.05) is 25.5 Å². The van der Waals surface area contributed by atoms with Gasteiger partial charge in [0, 0.05) is 13.0 Å². The highest BCUT2D eigenvalue weighted by Gasteiger charge is 2.21. The first-order valence-corrected chi connectivity index (χ1v) is 7.16. The van der Waals surface area contributed by atoms with Gasteiger partial charge in [0.25, 0.3) is 0 Å². The first kappa shape index (κ1) is 14.2. The molecule has 1 aliphatic carbocycles. The lowest BCUT2D eigenvalue weighted by atomic mass is 9.85. The van der Waals surface area contributed by atoms with Crippen LogP contribution in [-0.2, 0) is 11.2 Å². The molecule has 0 amide bonds. The Morgan fingerprint density at radius 2 is 2.00 bits per heavy atom. The van der Waals surface area contributed by atoms with E-state index in [9.17, 15) is 9.18 Å². The molecule has 1 saturated carbocycles. The summed E-state index contributed by atoms with van der Waals surface area (Å²) < 4.78 is 12.8. The molecule has 3 heteroatoms. The fourth-order valence-corrected chi connectivity index (χ4v) is 2.48. The number of likely N-dealkylation sites (N-methyl/N-ethyl adjacent to an activating group) is 1. The van der Waals surface area contributed by atoms with E-state index in [0.717, 1.165) is 24.6 Å². The van der Waals surface area contributed by atoms with Crippen LogP contribution in [0.5, 0.6) is 0 Å². The molecule has 0 aliphatic heterocycles. The van der Waals surface area contributed by atoms with Crippen LogP contribution in [0.4, 0.5) is 4.39 Å². The van der Waals surface area contributed by atoms with Gasteiger partial charge in [0.05, 0.1) is 6.54 Å². The molecule has 0 aromatic heterocycles. The summed E-state index contributed by atoms with van der Waals surface area (Å²) in [6.07, 6.45) is 4.36. The maximum absolute atomic E-state index is 12.8. The average molecular weight is 263 g/mol. The van der Waals surface area contributed by atoms with Gasteiger partial charge in [0.1, 0.15) is 5.82 Å². The molecular weight excluding hydrogens is 241 g/mol. The largest absolute Gasteiger partial charge is 0.298 e. The van der Waals surface area contributed by atoms with E-state index in [0.29, 0.717) is 13.0 Å². The summed E-state index contributed by atoms with van der Waals surface area (Å²) in [4.78, 5) is 14.3. The van der Waals surface area contributed by atoms with Crippen molar-refractivity contribution in [2.75, 3.05) is 19.6 Å². The Hall–Kier alpha value is -1.22. The van der Waals surface area contributed by atoms with Gasteiger partial charge in [-0.25, -0.2) is 4.39 Å². The standard InChI is InChI=1S/C16H22FNO/c1-2-18(11-14-4-3-5-14)12-16(19)10-13-6-8-15(17)9-7-13/h6-9,14H,2-5,10-12H2,1H3. The van der Waals surface area contributed by atoms with E-state index in [1.165, 1.54) is 31.4 Å². The Morgan fingerprint density at radius 3 is 2.53 bits per heavy atom. The summed E-state index contributed by atoms with van der Waals surface area (Å²) in [5.41, 5.74) is 0.895. The lowest BCUT2D eigenvalue weighted by Gasteiger charge is -2.31. The predicted octanol–water partition coefficient (Wildman–Crippen LogP) is 3.06. The minimum atomic E-state index is -0.253. The predicted molar refractivity (Wildman–Crippen MR) is 74.6 cm³/mol. The van der Waals surface area contributed by atoms with Crippen LogP contribution < -0.4 is 0 Å². The van der Waals surface area contributed by atoms with Crippen molar-refractivity contribution < 1.29 is 9.18 Å². The number of nitrogens with zero attached hydrogens (tertiary/aromatic N) is 1. The molecule has 0 bridgehead atoms. The van der Waals surface area contributed by atoms with Crippen molar-refractivity contribution >= 4 is 5.78 Å². The molecule has 0 heterocycles. The van der Waals surface area contributed by atoms with Gasteiger partial charge in [0.2, 0.25) is 0 Å². The van der Waals surface area contributed by atoms with E-state index < -0.39 is 0 Å². The summed E-state index contributed by atoms with van der Waals surface area (Å²) in [7, 11) is 0. The second kappa shape index (κ2) is 6.80. The van der Waals surface area contributed by atoms with E-state index in [4.69, 9.17) is 0 Å². The van der Waals surface area contributed by atoms with Crippen molar-refractivity contribution in [1.29, 1.82) is 0 Å². The molecule has 19 heavy (non-hydrogen) atoms. The monoisotopic (exact) mass is 263 g/mol. The highest BCUT2D eigenvalue weighted by Crippen LogP contribution is 2.26. The second-order valence-corrected chi connectivity index (χ2v) is 5.47. The van der Waals surface area contributed by atoms with Crippen LogP contribution in [0.2, 0.25) is 0 Å². The second-order valence-electron chi connectivity index (χ2n) is 5.47. The van der Waals surface area contributed by atoms with E-state index in [-0.39, 0.29) is 11.6 Å². The van der Waals surface area contributed by atoms with Gasteiger partial charge in [-0.3, -0.25) is 9.69 Å². The smallest absolute Gasteiger partial charge is 0.151 e.